The molecule has 246 valence electrons. The smallest absolute Gasteiger partial charge is 0.170 e. The molecule has 0 spiro atoms. The van der Waals surface area contributed by atoms with Gasteiger partial charge in [-0.15, -0.1) is 22.7 Å². The number of rotatable bonds is 15. The minimum absolute atomic E-state index is 0.216. The minimum Gasteiger partial charge on any atom is -0.481 e. The molecule has 3 nitrogen and oxygen atoms in total. The van der Waals surface area contributed by atoms with Gasteiger partial charge in [-0.1, -0.05) is 80.1 Å². The van der Waals surface area contributed by atoms with Crippen LogP contribution in [-0.4, -0.2) is 8.75 Å². The largest absolute Gasteiger partial charge is 0.481 e. The van der Waals surface area contributed by atoms with Crippen molar-refractivity contribution in [3.05, 3.63) is 39.8 Å². The van der Waals surface area contributed by atoms with E-state index < -0.39 is 17.2 Å². The van der Waals surface area contributed by atoms with E-state index in [0.717, 1.165) is 70.3 Å². The molecule has 0 bridgehead atoms. The molecule has 1 aliphatic rings. The van der Waals surface area contributed by atoms with Crippen LogP contribution in [-0.2, 0) is 5.60 Å². The van der Waals surface area contributed by atoms with Crippen molar-refractivity contribution in [2.45, 2.75) is 125 Å². The zero-order valence-corrected chi connectivity index (χ0v) is 30.8. The number of aromatic nitrogens is 2. The third kappa shape index (κ3) is 7.49. The third-order valence-electron chi connectivity index (χ3n) is 9.66. The summed E-state index contributed by atoms with van der Waals surface area (Å²) in [4.78, 5) is 4.14. The van der Waals surface area contributed by atoms with Crippen LogP contribution in [0.4, 0.5) is 8.78 Å². The average molecular weight is 673 g/mol. The first-order valence-corrected chi connectivity index (χ1v) is 19.3. The maximum absolute atomic E-state index is 15.8. The molecule has 0 amide bonds. The van der Waals surface area contributed by atoms with E-state index in [1.807, 2.05) is 0 Å². The topological polar surface area (TPSA) is 35.0 Å². The Kier molecular flexibility index (Phi) is 11.1. The van der Waals surface area contributed by atoms with Gasteiger partial charge in [0.2, 0.25) is 0 Å². The van der Waals surface area contributed by atoms with Crippen LogP contribution in [0.15, 0.2) is 12.1 Å². The molecule has 5 rings (SSSR count). The highest BCUT2D eigenvalue weighted by Crippen LogP contribution is 2.57. The molecule has 0 radical (unpaired) electrons. The summed E-state index contributed by atoms with van der Waals surface area (Å²) in [6, 6.07) is 4.28. The van der Waals surface area contributed by atoms with Gasteiger partial charge in [0, 0.05) is 20.9 Å². The first kappa shape index (κ1) is 34.4. The van der Waals surface area contributed by atoms with Crippen molar-refractivity contribution >= 4 is 45.4 Å². The molecule has 0 saturated carbocycles. The molecule has 0 aliphatic carbocycles. The molecule has 1 aromatic carbocycles. The van der Waals surface area contributed by atoms with Crippen LogP contribution in [0.3, 0.4) is 0 Å². The maximum Gasteiger partial charge on any atom is 0.170 e. The Morgan fingerprint density at radius 1 is 0.733 bits per heavy atom. The lowest BCUT2D eigenvalue weighted by Gasteiger charge is -2.39. The van der Waals surface area contributed by atoms with Crippen molar-refractivity contribution < 1.29 is 13.5 Å². The summed E-state index contributed by atoms with van der Waals surface area (Å²) in [7, 11) is 0. The quantitative estimate of drug-likeness (QED) is 0.126. The van der Waals surface area contributed by atoms with E-state index in [1.165, 1.54) is 43.4 Å². The SMILES string of the molecule is Cc1cc2c(s1)-c1sc(-c3c(F)c(F)c(C)c4nsnc34)cc1C(CCC(C)CCCC(C)C)(CC[C@H](C)CCCC(C)C)O2. The molecular formula is C37H50F2N2OS3. The van der Waals surface area contributed by atoms with Crippen LogP contribution in [0.2, 0.25) is 0 Å². The van der Waals surface area contributed by atoms with E-state index in [0.29, 0.717) is 27.7 Å². The van der Waals surface area contributed by atoms with Crippen LogP contribution in [0.25, 0.3) is 31.2 Å². The van der Waals surface area contributed by atoms with E-state index in [2.05, 4.69) is 69.3 Å². The first-order chi connectivity index (χ1) is 21.4. The lowest BCUT2D eigenvalue weighted by molar-refractivity contribution is 0.0323. The molecule has 45 heavy (non-hydrogen) atoms. The van der Waals surface area contributed by atoms with Crippen molar-refractivity contribution in [2.75, 3.05) is 0 Å². The summed E-state index contributed by atoms with van der Waals surface area (Å²) in [5.41, 5.74) is 1.96. The highest BCUT2D eigenvalue weighted by molar-refractivity contribution is 7.24. The van der Waals surface area contributed by atoms with Gasteiger partial charge in [-0.3, -0.25) is 0 Å². The molecule has 1 aliphatic heterocycles. The zero-order chi connectivity index (χ0) is 32.5. The van der Waals surface area contributed by atoms with E-state index in [-0.39, 0.29) is 11.1 Å². The Morgan fingerprint density at radius 2 is 1.33 bits per heavy atom. The highest BCUT2D eigenvalue weighted by Gasteiger charge is 2.44. The lowest BCUT2D eigenvalue weighted by Crippen LogP contribution is -2.36. The molecule has 0 saturated heterocycles. The summed E-state index contributed by atoms with van der Waals surface area (Å²) >= 11 is 4.29. The second-order valence-electron chi connectivity index (χ2n) is 14.5. The van der Waals surface area contributed by atoms with Crippen molar-refractivity contribution in [2.24, 2.45) is 23.7 Å². The van der Waals surface area contributed by atoms with Gasteiger partial charge in [0.25, 0.3) is 0 Å². The van der Waals surface area contributed by atoms with Crippen LogP contribution >= 0.6 is 34.4 Å². The number of aryl methyl sites for hydroxylation is 2. The van der Waals surface area contributed by atoms with Gasteiger partial charge in [-0.2, -0.15) is 8.75 Å². The number of halogens is 2. The van der Waals surface area contributed by atoms with E-state index in [9.17, 15) is 0 Å². The summed E-state index contributed by atoms with van der Waals surface area (Å²) in [6.07, 6.45) is 11.4. The number of fused-ring (bicyclic) bond motifs is 4. The maximum atomic E-state index is 15.8. The van der Waals surface area contributed by atoms with E-state index in [1.54, 1.807) is 29.6 Å². The number of ether oxygens (including phenoxy) is 1. The van der Waals surface area contributed by atoms with Crippen LogP contribution in [0.1, 0.15) is 122 Å². The fraction of sp³-hybridized carbons (Fsp3) is 0.622. The molecule has 3 atom stereocenters. The Balaban J connectivity index is 1.56. The number of hydrogen-bond acceptors (Lipinski definition) is 6. The predicted molar refractivity (Wildman–Crippen MR) is 190 cm³/mol. The van der Waals surface area contributed by atoms with Crippen molar-refractivity contribution in [3.8, 4) is 25.9 Å². The molecule has 4 aromatic rings. The van der Waals surface area contributed by atoms with Crippen molar-refractivity contribution in [1.29, 1.82) is 0 Å². The summed E-state index contributed by atoms with van der Waals surface area (Å²) in [5.74, 6) is 1.89. The highest BCUT2D eigenvalue weighted by atomic mass is 32.1. The van der Waals surface area contributed by atoms with Gasteiger partial charge in [-0.25, -0.2) is 8.78 Å². The van der Waals surface area contributed by atoms with E-state index >= 15 is 8.78 Å². The van der Waals surface area contributed by atoms with Crippen LogP contribution in [0, 0.1) is 49.2 Å². The number of hydrogen-bond donors (Lipinski definition) is 0. The molecule has 0 fully saturated rings. The molecule has 8 heteroatoms. The van der Waals surface area contributed by atoms with Gasteiger partial charge < -0.3 is 4.74 Å². The van der Waals surface area contributed by atoms with Gasteiger partial charge >= 0.3 is 0 Å². The summed E-state index contributed by atoms with van der Waals surface area (Å²) < 4.78 is 47.0. The minimum atomic E-state index is -0.836. The molecule has 2 unspecified atom stereocenters. The first-order valence-electron chi connectivity index (χ1n) is 16.9. The fourth-order valence-corrected chi connectivity index (χ4v) is 9.79. The van der Waals surface area contributed by atoms with Crippen molar-refractivity contribution in [1.82, 2.24) is 8.75 Å². The summed E-state index contributed by atoms with van der Waals surface area (Å²) in [5, 5.41) is 0. The Labute approximate surface area is 281 Å². The number of nitrogens with zero attached hydrogens (tertiary/aromatic N) is 2. The Bertz CT molecular complexity index is 1580. The second kappa shape index (κ2) is 14.5. The number of benzene rings is 1. The van der Waals surface area contributed by atoms with E-state index in [4.69, 9.17) is 4.74 Å². The number of thiophene rings is 2. The molecule has 3 aromatic heterocycles. The molecular weight excluding hydrogens is 623 g/mol. The third-order valence-corrected chi connectivity index (χ3v) is 12.5. The Hall–Kier alpha value is -1.90. The van der Waals surface area contributed by atoms with Gasteiger partial charge in [0.1, 0.15) is 22.4 Å². The van der Waals surface area contributed by atoms with Crippen LogP contribution < -0.4 is 4.74 Å². The second-order valence-corrected chi connectivity index (χ2v) is 17.4. The Morgan fingerprint density at radius 3 is 1.93 bits per heavy atom. The zero-order valence-electron chi connectivity index (χ0n) is 28.3. The standard InChI is InChI=1S/C37H50F2N2OS3/c1-21(2)11-9-13-23(5)15-17-37(18-16-24(6)14-10-12-22(3)4)27-20-29(44-35(27)36-28(42-37)19-25(7)43-36)30-32(39)31(38)26(8)33-34(30)41-45-40-33/h19-24H,9-18H2,1-8H3/t23-,24?,37?/m1/s1. The van der Waals surface area contributed by atoms with Gasteiger partial charge in [0.05, 0.1) is 27.0 Å². The van der Waals surface area contributed by atoms with Gasteiger partial charge in [0.15, 0.2) is 11.6 Å². The molecule has 0 N–H and O–H groups in total. The van der Waals surface area contributed by atoms with Gasteiger partial charge in [-0.05, 0) is 75.3 Å². The summed E-state index contributed by atoms with van der Waals surface area (Å²) in [6.45, 7) is 17.6. The average Bonchev–Trinajstić information content (AvgIpc) is 3.72. The lowest BCUT2D eigenvalue weighted by atomic mass is 9.78. The molecule has 4 heterocycles. The fourth-order valence-electron chi connectivity index (χ4n) is 6.81. The monoisotopic (exact) mass is 672 g/mol. The van der Waals surface area contributed by atoms with Crippen molar-refractivity contribution in [3.63, 3.8) is 0 Å². The normalized spacial score (nSPS) is 17.6. The van der Waals surface area contributed by atoms with Crippen LogP contribution in [0.5, 0.6) is 5.75 Å². The predicted octanol–water partition coefficient (Wildman–Crippen LogP) is 13.1.